The lowest BCUT2D eigenvalue weighted by atomic mass is 10.2. The van der Waals surface area contributed by atoms with Gasteiger partial charge in [0.1, 0.15) is 5.75 Å². The lowest BCUT2D eigenvalue weighted by Gasteiger charge is -2.19. The van der Waals surface area contributed by atoms with Crippen molar-refractivity contribution in [3.8, 4) is 5.75 Å². The Hall–Kier alpha value is -2.56. The number of amides is 1. The van der Waals surface area contributed by atoms with Crippen molar-refractivity contribution in [3.63, 3.8) is 0 Å². The molecule has 0 spiro atoms. The number of nitrogen functional groups attached to an aromatic ring is 1. The average molecular weight is 285 g/mol. The molecule has 1 amide bonds. The second kappa shape index (κ2) is 6.74. The van der Waals surface area contributed by atoms with Crippen LogP contribution in [-0.4, -0.2) is 24.5 Å². The van der Waals surface area contributed by atoms with Crippen molar-refractivity contribution in [3.05, 3.63) is 48.3 Å². The Balaban J connectivity index is 2.21. The van der Waals surface area contributed by atoms with Crippen molar-refractivity contribution >= 4 is 17.3 Å². The van der Waals surface area contributed by atoms with Crippen LogP contribution in [0.25, 0.3) is 0 Å². The van der Waals surface area contributed by atoms with E-state index in [0.717, 1.165) is 6.42 Å². The van der Waals surface area contributed by atoms with Crippen molar-refractivity contribution in [2.75, 3.05) is 24.3 Å². The van der Waals surface area contributed by atoms with Gasteiger partial charge in [-0.3, -0.25) is 9.78 Å². The largest absolute Gasteiger partial charge is 0.494 e. The molecule has 2 aromatic rings. The van der Waals surface area contributed by atoms with Gasteiger partial charge in [0, 0.05) is 18.8 Å². The fourth-order valence-electron chi connectivity index (χ4n) is 1.95. The molecule has 0 aliphatic heterocycles. The summed E-state index contributed by atoms with van der Waals surface area (Å²) >= 11 is 0. The number of hydrogen-bond donors (Lipinski definition) is 1. The molecule has 0 aliphatic carbocycles. The highest BCUT2D eigenvalue weighted by molar-refractivity contribution is 6.07. The van der Waals surface area contributed by atoms with E-state index in [-0.39, 0.29) is 5.91 Å². The van der Waals surface area contributed by atoms with Gasteiger partial charge in [-0.1, -0.05) is 13.0 Å². The molecule has 1 aromatic carbocycles. The van der Waals surface area contributed by atoms with E-state index in [9.17, 15) is 4.79 Å². The number of anilines is 2. The minimum absolute atomic E-state index is 0.144. The number of nitrogens with two attached hydrogens (primary N) is 1. The summed E-state index contributed by atoms with van der Waals surface area (Å²) in [6.07, 6.45) is 4.06. The van der Waals surface area contributed by atoms with Crippen LogP contribution in [0.3, 0.4) is 0 Å². The molecular weight excluding hydrogens is 266 g/mol. The van der Waals surface area contributed by atoms with Crippen LogP contribution in [0.5, 0.6) is 5.75 Å². The first-order valence-corrected chi connectivity index (χ1v) is 6.84. The maximum atomic E-state index is 12.5. The standard InChI is InChI=1S/C16H19N3O2/c1-3-9-21-13-6-4-5-12(10-13)16(20)19(2)15-7-8-18-11-14(15)17/h4-8,10-11H,3,9,17H2,1-2H3. The highest BCUT2D eigenvalue weighted by Crippen LogP contribution is 2.23. The summed E-state index contributed by atoms with van der Waals surface area (Å²) in [6, 6.07) is 8.86. The van der Waals surface area contributed by atoms with Gasteiger partial charge >= 0.3 is 0 Å². The van der Waals surface area contributed by atoms with E-state index < -0.39 is 0 Å². The summed E-state index contributed by atoms with van der Waals surface area (Å²) in [6.45, 7) is 2.67. The van der Waals surface area contributed by atoms with Gasteiger partial charge in [-0.15, -0.1) is 0 Å². The molecule has 110 valence electrons. The van der Waals surface area contributed by atoms with E-state index in [4.69, 9.17) is 10.5 Å². The van der Waals surface area contributed by atoms with Crippen LogP contribution >= 0.6 is 0 Å². The second-order valence-electron chi connectivity index (χ2n) is 4.67. The molecule has 0 unspecified atom stereocenters. The number of carbonyl (C=O) groups excluding carboxylic acids is 1. The summed E-state index contributed by atoms with van der Waals surface area (Å²) in [5.74, 6) is 0.550. The van der Waals surface area contributed by atoms with E-state index >= 15 is 0 Å². The Morgan fingerprint density at radius 1 is 1.38 bits per heavy atom. The van der Waals surface area contributed by atoms with Crippen LogP contribution in [0.4, 0.5) is 11.4 Å². The van der Waals surface area contributed by atoms with Crippen molar-refractivity contribution in [2.24, 2.45) is 0 Å². The lowest BCUT2D eigenvalue weighted by molar-refractivity contribution is 0.0992. The lowest BCUT2D eigenvalue weighted by Crippen LogP contribution is -2.27. The number of ether oxygens (including phenoxy) is 1. The number of pyridine rings is 1. The molecule has 0 aliphatic rings. The summed E-state index contributed by atoms with van der Waals surface area (Å²) in [7, 11) is 1.69. The minimum Gasteiger partial charge on any atom is -0.494 e. The Morgan fingerprint density at radius 3 is 2.90 bits per heavy atom. The molecule has 2 rings (SSSR count). The molecule has 2 N–H and O–H groups in total. The molecule has 0 atom stereocenters. The molecule has 0 fully saturated rings. The molecule has 0 saturated carbocycles. The number of hydrogen-bond acceptors (Lipinski definition) is 4. The van der Waals surface area contributed by atoms with Gasteiger partial charge in [0.2, 0.25) is 0 Å². The first-order chi connectivity index (χ1) is 10.1. The Labute approximate surface area is 124 Å². The van der Waals surface area contributed by atoms with Crippen LogP contribution in [-0.2, 0) is 0 Å². The summed E-state index contributed by atoms with van der Waals surface area (Å²) in [5.41, 5.74) is 7.51. The number of nitrogens with zero attached hydrogens (tertiary/aromatic N) is 2. The number of carbonyl (C=O) groups is 1. The molecule has 1 aromatic heterocycles. The van der Waals surface area contributed by atoms with E-state index in [1.807, 2.05) is 19.1 Å². The van der Waals surface area contributed by atoms with E-state index in [1.54, 1.807) is 31.4 Å². The fraction of sp³-hybridized carbons (Fsp3) is 0.250. The quantitative estimate of drug-likeness (QED) is 0.917. The third kappa shape index (κ3) is 3.51. The molecule has 5 nitrogen and oxygen atoms in total. The normalized spacial score (nSPS) is 10.2. The van der Waals surface area contributed by atoms with Gasteiger partial charge in [0.15, 0.2) is 0 Å². The predicted molar refractivity (Wildman–Crippen MR) is 83.6 cm³/mol. The highest BCUT2D eigenvalue weighted by atomic mass is 16.5. The van der Waals surface area contributed by atoms with Crippen molar-refractivity contribution in [2.45, 2.75) is 13.3 Å². The Morgan fingerprint density at radius 2 is 2.19 bits per heavy atom. The monoisotopic (exact) mass is 285 g/mol. The zero-order chi connectivity index (χ0) is 15.2. The summed E-state index contributed by atoms with van der Waals surface area (Å²) < 4.78 is 5.55. The molecule has 1 heterocycles. The smallest absolute Gasteiger partial charge is 0.258 e. The van der Waals surface area contributed by atoms with Crippen LogP contribution in [0.1, 0.15) is 23.7 Å². The molecule has 0 radical (unpaired) electrons. The highest BCUT2D eigenvalue weighted by Gasteiger charge is 2.16. The van der Waals surface area contributed by atoms with E-state index in [2.05, 4.69) is 4.98 Å². The summed E-state index contributed by atoms with van der Waals surface area (Å²) in [5, 5.41) is 0. The van der Waals surface area contributed by atoms with Crippen LogP contribution < -0.4 is 15.4 Å². The number of benzene rings is 1. The van der Waals surface area contributed by atoms with Gasteiger partial charge in [0.25, 0.3) is 5.91 Å². The SMILES string of the molecule is CCCOc1cccc(C(=O)N(C)c2ccncc2N)c1. The minimum atomic E-state index is -0.144. The zero-order valence-electron chi connectivity index (χ0n) is 12.2. The molecule has 0 bridgehead atoms. The third-order valence-corrected chi connectivity index (χ3v) is 3.05. The van der Waals surface area contributed by atoms with Gasteiger partial charge in [0.05, 0.1) is 24.2 Å². The van der Waals surface area contributed by atoms with Crippen molar-refractivity contribution in [1.82, 2.24) is 4.98 Å². The van der Waals surface area contributed by atoms with Gasteiger partial charge in [-0.05, 0) is 30.7 Å². The maximum Gasteiger partial charge on any atom is 0.258 e. The Kier molecular flexibility index (Phi) is 4.77. The molecule has 0 saturated heterocycles. The van der Waals surface area contributed by atoms with Crippen LogP contribution in [0.15, 0.2) is 42.7 Å². The van der Waals surface area contributed by atoms with Gasteiger partial charge in [-0.2, -0.15) is 0 Å². The first kappa shape index (κ1) is 14.8. The van der Waals surface area contributed by atoms with Crippen molar-refractivity contribution in [1.29, 1.82) is 0 Å². The molecular formula is C16H19N3O2. The topological polar surface area (TPSA) is 68.5 Å². The number of rotatable bonds is 5. The molecule has 21 heavy (non-hydrogen) atoms. The maximum absolute atomic E-state index is 12.5. The molecule has 5 heteroatoms. The van der Waals surface area contributed by atoms with Crippen LogP contribution in [0, 0.1) is 0 Å². The summed E-state index contributed by atoms with van der Waals surface area (Å²) in [4.78, 5) is 18.0. The fourth-order valence-corrected chi connectivity index (χ4v) is 1.95. The predicted octanol–water partition coefficient (Wildman–Crippen LogP) is 2.73. The zero-order valence-corrected chi connectivity index (χ0v) is 12.2. The average Bonchev–Trinajstić information content (AvgIpc) is 2.52. The van der Waals surface area contributed by atoms with Gasteiger partial charge < -0.3 is 15.4 Å². The number of aromatic nitrogens is 1. The first-order valence-electron chi connectivity index (χ1n) is 6.84. The van der Waals surface area contributed by atoms with Gasteiger partial charge in [-0.25, -0.2) is 0 Å². The van der Waals surface area contributed by atoms with E-state index in [1.165, 1.54) is 11.1 Å². The van der Waals surface area contributed by atoms with E-state index in [0.29, 0.717) is 29.3 Å². The third-order valence-electron chi connectivity index (χ3n) is 3.05. The van der Waals surface area contributed by atoms with Crippen molar-refractivity contribution < 1.29 is 9.53 Å². The Bertz CT molecular complexity index is 628. The second-order valence-corrected chi connectivity index (χ2v) is 4.67. The van der Waals surface area contributed by atoms with Crippen LogP contribution in [0.2, 0.25) is 0 Å².